The van der Waals surface area contributed by atoms with Crippen LogP contribution in [0.25, 0.3) is 71.6 Å². The van der Waals surface area contributed by atoms with E-state index < -0.39 is 0 Å². The second-order valence-electron chi connectivity index (χ2n) is 15.7. The van der Waals surface area contributed by atoms with Gasteiger partial charge in [0.2, 0.25) is 0 Å². The predicted octanol–water partition coefficient (Wildman–Crippen LogP) is 15.0. The van der Waals surface area contributed by atoms with Gasteiger partial charge in [0.25, 0.3) is 0 Å². The quantitative estimate of drug-likeness (QED) is 0.165. The van der Waals surface area contributed by atoms with Crippen molar-refractivity contribution in [2.24, 2.45) is 0 Å². The molecule has 270 valence electrons. The highest BCUT2D eigenvalue weighted by molar-refractivity contribution is 6.18. The molecular formula is C55H40N2. The van der Waals surface area contributed by atoms with E-state index >= 15 is 0 Å². The molecule has 1 aliphatic rings. The number of rotatable bonds is 6. The predicted molar refractivity (Wildman–Crippen MR) is 241 cm³/mol. The van der Waals surface area contributed by atoms with Crippen LogP contribution in [0.4, 0.5) is 17.1 Å². The van der Waals surface area contributed by atoms with Crippen LogP contribution in [0.3, 0.4) is 0 Å². The molecule has 0 aliphatic heterocycles. The van der Waals surface area contributed by atoms with Crippen LogP contribution in [0.15, 0.2) is 206 Å². The van der Waals surface area contributed by atoms with Gasteiger partial charge < -0.3 is 9.47 Å². The van der Waals surface area contributed by atoms with Gasteiger partial charge in [0.15, 0.2) is 0 Å². The molecule has 1 aliphatic carbocycles. The summed E-state index contributed by atoms with van der Waals surface area (Å²) in [5.41, 5.74) is 17.0. The molecular weight excluding hydrogens is 689 g/mol. The Hall–Kier alpha value is -7.16. The molecule has 1 aromatic heterocycles. The maximum atomic E-state index is 2.47. The van der Waals surface area contributed by atoms with Crippen LogP contribution >= 0.6 is 0 Å². The van der Waals surface area contributed by atoms with Crippen LogP contribution in [0.1, 0.15) is 25.0 Å². The molecule has 57 heavy (non-hydrogen) atoms. The smallest absolute Gasteiger partial charge is 0.0562 e. The Morgan fingerprint density at radius 3 is 1.88 bits per heavy atom. The first kappa shape index (κ1) is 33.2. The molecule has 1 heterocycles. The molecule has 0 unspecified atom stereocenters. The zero-order valence-corrected chi connectivity index (χ0v) is 32.0. The number of hydrogen-bond donors (Lipinski definition) is 0. The molecule has 0 N–H and O–H groups in total. The summed E-state index contributed by atoms with van der Waals surface area (Å²) in [6, 6.07) is 75.7. The number of benzene rings is 9. The molecule has 0 atom stereocenters. The Morgan fingerprint density at radius 2 is 1.02 bits per heavy atom. The third-order valence-electron chi connectivity index (χ3n) is 12.2. The first-order valence-electron chi connectivity index (χ1n) is 19.9. The molecule has 11 rings (SSSR count). The molecule has 0 saturated carbocycles. The van der Waals surface area contributed by atoms with Crippen molar-refractivity contribution in [2.75, 3.05) is 4.90 Å². The normalized spacial score (nSPS) is 12.9. The van der Waals surface area contributed by atoms with E-state index in [1.807, 2.05) is 0 Å². The molecule has 0 fully saturated rings. The third kappa shape index (κ3) is 5.18. The van der Waals surface area contributed by atoms with Gasteiger partial charge in [-0.2, -0.15) is 0 Å². The Balaban J connectivity index is 1.20. The van der Waals surface area contributed by atoms with Gasteiger partial charge in [0.05, 0.1) is 16.7 Å². The van der Waals surface area contributed by atoms with Crippen LogP contribution in [-0.4, -0.2) is 4.57 Å². The summed E-state index contributed by atoms with van der Waals surface area (Å²) < 4.78 is 2.45. The fourth-order valence-corrected chi connectivity index (χ4v) is 9.52. The van der Waals surface area contributed by atoms with Crippen LogP contribution in [0, 0.1) is 0 Å². The van der Waals surface area contributed by atoms with Crippen LogP contribution in [0.2, 0.25) is 0 Å². The Bertz CT molecular complexity index is 3150. The van der Waals surface area contributed by atoms with E-state index in [0.717, 1.165) is 28.3 Å². The van der Waals surface area contributed by atoms with E-state index in [0.29, 0.717) is 0 Å². The Morgan fingerprint density at radius 1 is 0.404 bits per heavy atom. The van der Waals surface area contributed by atoms with Gasteiger partial charge >= 0.3 is 0 Å². The average Bonchev–Trinajstić information content (AvgIpc) is 3.72. The fourth-order valence-electron chi connectivity index (χ4n) is 9.52. The molecule has 2 nitrogen and oxygen atoms in total. The highest BCUT2D eigenvalue weighted by atomic mass is 15.1. The van der Waals surface area contributed by atoms with Gasteiger partial charge in [-0.25, -0.2) is 0 Å². The molecule has 2 heteroatoms. The second-order valence-corrected chi connectivity index (χ2v) is 15.7. The summed E-state index contributed by atoms with van der Waals surface area (Å²) in [5, 5.41) is 4.99. The number of hydrogen-bond acceptors (Lipinski definition) is 1. The van der Waals surface area contributed by atoms with Crippen LogP contribution in [0.5, 0.6) is 0 Å². The van der Waals surface area contributed by atoms with Crippen molar-refractivity contribution < 1.29 is 0 Å². The Labute approximate surface area is 333 Å². The lowest BCUT2D eigenvalue weighted by molar-refractivity contribution is 0.660. The first-order valence-corrected chi connectivity index (χ1v) is 19.9. The lowest BCUT2D eigenvalue weighted by Gasteiger charge is -2.30. The highest BCUT2D eigenvalue weighted by Crippen LogP contribution is 2.52. The molecule has 0 saturated heterocycles. The zero-order chi connectivity index (χ0) is 38.1. The molecule has 10 aromatic rings. The minimum atomic E-state index is -0.131. The minimum absolute atomic E-state index is 0.131. The fraction of sp³-hybridized carbons (Fsp3) is 0.0545. The van der Waals surface area contributed by atoms with Crippen molar-refractivity contribution in [2.45, 2.75) is 19.3 Å². The van der Waals surface area contributed by atoms with E-state index in [2.05, 4.69) is 230 Å². The summed E-state index contributed by atoms with van der Waals surface area (Å²) in [6.07, 6.45) is 0. The molecule has 0 amide bonds. The van der Waals surface area contributed by atoms with Crippen molar-refractivity contribution in [3.63, 3.8) is 0 Å². The largest absolute Gasteiger partial charge is 0.310 e. The molecule has 0 bridgehead atoms. The average molecular weight is 729 g/mol. The van der Waals surface area contributed by atoms with Crippen LogP contribution in [-0.2, 0) is 5.41 Å². The minimum Gasteiger partial charge on any atom is -0.310 e. The van der Waals surface area contributed by atoms with Crippen molar-refractivity contribution in [3.8, 4) is 39.1 Å². The molecule has 9 aromatic carbocycles. The van der Waals surface area contributed by atoms with E-state index in [9.17, 15) is 0 Å². The number of fused-ring (bicyclic) bond motifs is 7. The van der Waals surface area contributed by atoms with Crippen molar-refractivity contribution >= 4 is 49.6 Å². The third-order valence-corrected chi connectivity index (χ3v) is 12.2. The van der Waals surface area contributed by atoms with Crippen molar-refractivity contribution in [3.05, 3.63) is 217 Å². The van der Waals surface area contributed by atoms with Gasteiger partial charge in [-0.05, 0) is 98.2 Å². The molecule has 0 radical (unpaired) electrons. The van der Waals surface area contributed by atoms with Gasteiger partial charge in [-0.15, -0.1) is 0 Å². The first-order chi connectivity index (χ1) is 28.1. The topological polar surface area (TPSA) is 8.17 Å². The second kappa shape index (κ2) is 13.0. The van der Waals surface area contributed by atoms with E-state index in [-0.39, 0.29) is 5.41 Å². The van der Waals surface area contributed by atoms with Gasteiger partial charge in [0.1, 0.15) is 0 Å². The van der Waals surface area contributed by atoms with E-state index in [1.54, 1.807) is 0 Å². The van der Waals surface area contributed by atoms with Gasteiger partial charge in [-0.3, -0.25) is 0 Å². The SMILES string of the molecule is CC1(C)c2ccccc2-c2ccc(N(c3ccc4c5c(-c6cccc7ccccc67)cccc5n(-c5ccccc5)c4c3)c3ccccc3-c3ccccc3)cc21. The standard InChI is InChI=1S/C55H40N2/c1-55(2)49-28-13-11-25-45(49)46-33-31-40(35-50(46)55)56(51-29-14-12-24-43(51)38-17-5-3-6-18-38)41-32-34-48-53(36-41)57(39-21-7-4-8-22-39)52-30-16-27-47(54(48)52)44-26-15-20-37-19-9-10-23-42(37)44/h3-36H,1-2H3. The number of anilines is 3. The Kier molecular flexibility index (Phi) is 7.55. The summed E-state index contributed by atoms with van der Waals surface area (Å²) in [4.78, 5) is 2.47. The highest BCUT2D eigenvalue weighted by Gasteiger charge is 2.36. The number of nitrogens with zero attached hydrogens (tertiary/aromatic N) is 2. The zero-order valence-electron chi connectivity index (χ0n) is 32.0. The number of aromatic nitrogens is 1. The monoisotopic (exact) mass is 728 g/mol. The lowest BCUT2D eigenvalue weighted by atomic mass is 9.82. The van der Waals surface area contributed by atoms with E-state index in [4.69, 9.17) is 0 Å². The van der Waals surface area contributed by atoms with Gasteiger partial charge in [0, 0.05) is 38.8 Å². The molecule has 0 spiro atoms. The van der Waals surface area contributed by atoms with Gasteiger partial charge in [-0.1, -0.05) is 172 Å². The maximum Gasteiger partial charge on any atom is 0.0562 e. The number of para-hydroxylation sites is 2. The maximum absolute atomic E-state index is 2.47. The van der Waals surface area contributed by atoms with Crippen molar-refractivity contribution in [1.29, 1.82) is 0 Å². The van der Waals surface area contributed by atoms with Crippen LogP contribution < -0.4 is 4.90 Å². The van der Waals surface area contributed by atoms with E-state index in [1.165, 1.54) is 71.6 Å². The summed E-state index contributed by atoms with van der Waals surface area (Å²) in [7, 11) is 0. The summed E-state index contributed by atoms with van der Waals surface area (Å²) in [6.45, 7) is 4.73. The van der Waals surface area contributed by atoms with Crippen molar-refractivity contribution in [1.82, 2.24) is 4.57 Å². The summed E-state index contributed by atoms with van der Waals surface area (Å²) >= 11 is 0. The summed E-state index contributed by atoms with van der Waals surface area (Å²) in [5.74, 6) is 0. The lowest BCUT2D eigenvalue weighted by Crippen LogP contribution is -2.17.